The first kappa shape index (κ1) is 24.5. The fourth-order valence-electron chi connectivity index (χ4n) is 4.09. The predicted molar refractivity (Wildman–Crippen MR) is 109 cm³/mol. The van der Waals surface area contributed by atoms with Gasteiger partial charge in [0.15, 0.2) is 0 Å². The Morgan fingerprint density at radius 1 is 1.09 bits per heavy atom. The second-order valence-corrected chi connectivity index (χ2v) is 8.28. The second-order valence-electron chi connectivity index (χ2n) is 7.85. The number of aromatic amines is 1. The average molecular weight is 510 g/mol. The van der Waals surface area contributed by atoms with Crippen molar-refractivity contribution < 1.29 is 36.6 Å². The number of benzene rings is 1. The summed E-state index contributed by atoms with van der Waals surface area (Å²) in [5, 5.41) is 20.7. The van der Waals surface area contributed by atoms with E-state index in [2.05, 4.69) is 19.9 Å². The molecule has 2 aromatic heterocycles. The lowest BCUT2D eigenvalue weighted by Crippen LogP contribution is -2.39. The summed E-state index contributed by atoms with van der Waals surface area (Å²) in [4.78, 5) is 13.5. The number of fused-ring (bicyclic) bond motifs is 3. The standard InChI is InChI=1S/C20H18ClF6N5O2/c21-9-1-2-13-12(7-9)11-3-5-32(14(15(11)28-13)8-10(34)4-6-33)18-30-16(19(22,23)24)29-17(31-18)20(25,26)27/h1-2,7,10,14,28,33-34H,3-6,8H2/t10-,14+/m0/s1. The Morgan fingerprint density at radius 3 is 2.32 bits per heavy atom. The zero-order valence-electron chi connectivity index (χ0n) is 17.3. The summed E-state index contributed by atoms with van der Waals surface area (Å²) in [6.45, 7) is -0.382. The third-order valence-corrected chi connectivity index (χ3v) is 5.79. The third kappa shape index (κ3) is 4.77. The van der Waals surface area contributed by atoms with Gasteiger partial charge in [0.25, 0.3) is 0 Å². The molecule has 3 N–H and O–H groups in total. The Hall–Kier alpha value is -2.64. The number of halogens is 7. The molecular weight excluding hydrogens is 492 g/mol. The van der Waals surface area contributed by atoms with Crippen LogP contribution in [0.25, 0.3) is 10.9 Å². The summed E-state index contributed by atoms with van der Waals surface area (Å²) in [7, 11) is 0. The largest absolute Gasteiger partial charge is 0.451 e. The van der Waals surface area contributed by atoms with E-state index in [1.165, 1.54) is 4.90 Å². The lowest BCUT2D eigenvalue weighted by atomic mass is 9.93. The monoisotopic (exact) mass is 509 g/mol. The lowest BCUT2D eigenvalue weighted by Gasteiger charge is -2.37. The number of hydrogen-bond donors (Lipinski definition) is 3. The van der Waals surface area contributed by atoms with Gasteiger partial charge in [-0.25, -0.2) is 4.98 Å². The van der Waals surface area contributed by atoms with Crippen LogP contribution in [0.1, 0.15) is 41.8 Å². The number of aliphatic hydroxyl groups excluding tert-OH is 2. The molecule has 1 aromatic carbocycles. The van der Waals surface area contributed by atoms with Gasteiger partial charge < -0.3 is 20.1 Å². The molecule has 0 radical (unpaired) electrons. The van der Waals surface area contributed by atoms with Crippen LogP contribution in [-0.4, -0.2) is 49.4 Å². The average Bonchev–Trinajstić information content (AvgIpc) is 3.11. The van der Waals surface area contributed by atoms with Crippen molar-refractivity contribution in [2.45, 2.75) is 43.8 Å². The molecule has 0 fully saturated rings. The number of nitrogens with one attached hydrogen (secondary N) is 1. The summed E-state index contributed by atoms with van der Waals surface area (Å²) in [6.07, 6.45) is -11.5. The van der Waals surface area contributed by atoms with Crippen molar-refractivity contribution in [3.63, 3.8) is 0 Å². The molecule has 2 atom stereocenters. The molecule has 0 bridgehead atoms. The normalized spacial score (nSPS) is 17.8. The Kier molecular flexibility index (Phi) is 6.38. The summed E-state index contributed by atoms with van der Waals surface area (Å²) >= 11 is 6.09. The molecule has 14 heteroatoms. The maximum absolute atomic E-state index is 13.3. The number of alkyl halides is 6. The minimum absolute atomic E-state index is 0.0262. The van der Waals surface area contributed by atoms with Crippen molar-refractivity contribution in [1.29, 1.82) is 0 Å². The van der Waals surface area contributed by atoms with Gasteiger partial charge in [-0.1, -0.05) is 11.6 Å². The minimum atomic E-state index is -5.23. The van der Waals surface area contributed by atoms with Gasteiger partial charge in [-0.15, -0.1) is 0 Å². The van der Waals surface area contributed by atoms with Gasteiger partial charge in [-0.3, -0.25) is 0 Å². The highest BCUT2D eigenvalue weighted by molar-refractivity contribution is 6.31. The molecule has 3 heterocycles. The van der Waals surface area contributed by atoms with Crippen molar-refractivity contribution in [3.8, 4) is 0 Å². The summed E-state index contributed by atoms with van der Waals surface area (Å²) in [5.41, 5.74) is 1.93. The number of aromatic nitrogens is 4. The van der Waals surface area contributed by atoms with Gasteiger partial charge in [-0.05, 0) is 43.0 Å². The number of rotatable bonds is 5. The van der Waals surface area contributed by atoms with E-state index in [0.29, 0.717) is 16.2 Å². The molecule has 0 spiro atoms. The van der Waals surface area contributed by atoms with Gasteiger partial charge >= 0.3 is 12.4 Å². The smallest absolute Gasteiger partial charge is 0.396 e. The first-order valence-electron chi connectivity index (χ1n) is 10.1. The fourth-order valence-corrected chi connectivity index (χ4v) is 4.27. The number of hydrogen-bond acceptors (Lipinski definition) is 6. The van der Waals surface area contributed by atoms with E-state index in [9.17, 15) is 31.4 Å². The Balaban J connectivity index is 1.86. The molecule has 4 rings (SSSR count). The van der Waals surface area contributed by atoms with Crippen molar-refractivity contribution in [3.05, 3.63) is 46.1 Å². The minimum Gasteiger partial charge on any atom is -0.396 e. The highest BCUT2D eigenvalue weighted by Gasteiger charge is 2.43. The molecule has 3 aromatic rings. The SMILES string of the molecule is OCC[C@H](O)C[C@@H]1c2[nH]c3ccc(Cl)cc3c2CCN1c1nc(C(F)(F)F)nc(C(F)(F)F)n1. The van der Waals surface area contributed by atoms with Crippen molar-refractivity contribution >= 4 is 28.5 Å². The van der Waals surface area contributed by atoms with Gasteiger partial charge in [0.2, 0.25) is 17.6 Å². The second kappa shape index (κ2) is 8.86. The molecule has 34 heavy (non-hydrogen) atoms. The first-order chi connectivity index (χ1) is 15.9. The van der Waals surface area contributed by atoms with Crippen LogP contribution in [0.15, 0.2) is 18.2 Å². The van der Waals surface area contributed by atoms with Gasteiger partial charge in [0.1, 0.15) is 0 Å². The molecular formula is C20H18ClF6N5O2. The van der Waals surface area contributed by atoms with Gasteiger partial charge in [0, 0.05) is 34.8 Å². The summed E-state index contributed by atoms with van der Waals surface area (Å²) in [6, 6.07) is 4.14. The number of anilines is 1. The van der Waals surface area contributed by atoms with Crippen molar-refractivity contribution in [1.82, 2.24) is 19.9 Å². The van der Waals surface area contributed by atoms with Gasteiger partial charge in [-0.2, -0.15) is 36.3 Å². The van der Waals surface area contributed by atoms with E-state index in [0.717, 1.165) is 10.9 Å². The highest BCUT2D eigenvalue weighted by Crippen LogP contribution is 2.41. The maximum atomic E-state index is 13.3. The quantitative estimate of drug-likeness (QED) is 0.444. The van der Waals surface area contributed by atoms with Crippen LogP contribution in [0.2, 0.25) is 5.02 Å². The number of H-pyrrole nitrogens is 1. The molecule has 0 saturated heterocycles. The van der Waals surface area contributed by atoms with E-state index in [4.69, 9.17) is 16.7 Å². The van der Waals surface area contributed by atoms with E-state index in [1.807, 2.05) is 0 Å². The third-order valence-electron chi connectivity index (χ3n) is 5.56. The van der Waals surface area contributed by atoms with E-state index in [1.54, 1.807) is 18.2 Å². The van der Waals surface area contributed by atoms with Crippen LogP contribution in [0.5, 0.6) is 0 Å². The van der Waals surface area contributed by atoms with Crippen LogP contribution in [0, 0.1) is 0 Å². The zero-order valence-corrected chi connectivity index (χ0v) is 18.0. The molecule has 0 aliphatic carbocycles. The van der Waals surface area contributed by atoms with E-state index in [-0.39, 0.29) is 32.4 Å². The molecule has 1 aliphatic rings. The molecule has 184 valence electrons. The number of aliphatic hydroxyl groups is 2. The summed E-state index contributed by atoms with van der Waals surface area (Å²) in [5.74, 6) is -4.74. The molecule has 1 aliphatic heterocycles. The maximum Gasteiger partial charge on any atom is 0.451 e. The topological polar surface area (TPSA) is 98.2 Å². The first-order valence-corrected chi connectivity index (χ1v) is 10.5. The van der Waals surface area contributed by atoms with E-state index >= 15 is 0 Å². The summed E-state index contributed by atoms with van der Waals surface area (Å²) < 4.78 is 79.8. The highest BCUT2D eigenvalue weighted by atomic mass is 35.5. The van der Waals surface area contributed by atoms with E-state index < -0.39 is 42.1 Å². The molecule has 7 nitrogen and oxygen atoms in total. The van der Waals surface area contributed by atoms with Crippen LogP contribution in [0.3, 0.4) is 0 Å². The van der Waals surface area contributed by atoms with Crippen LogP contribution in [0.4, 0.5) is 32.3 Å². The van der Waals surface area contributed by atoms with Crippen molar-refractivity contribution in [2.24, 2.45) is 0 Å². The van der Waals surface area contributed by atoms with Crippen LogP contribution >= 0.6 is 11.6 Å². The molecule has 0 saturated carbocycles. The molecule has 0 amide bonds. The molecule has 0 unspecified atom stereocenters. The predicted octanol–water partition coefficient (Wildman–Crippen LogP) is 4.28. The fraction of sp³-hybridized carbons (Fsp3) is 0.450. The van der Waals surface area contributed by atoms with Gasteiger partial charge in [0.05, 0.1) is 12.1 Å². The van der Waals surface area contributed by atoms with Crippen LogP contribution < -0.4 is 4.90 Å². The van der Waals surface area contributed by atoms with Crippen LogP contribution in [-0.2, 0) is 18.8 Å². The van der Waals surface area contributed by atoms with Crippen molar-refractivity contribution in [2.75, 3.05) is 18.1 Å². The Labute approximate surface area is 193 Å². The lowest BCUT2D eigenvalue weighted by molar-refractivity contribution is -0.155. The Bertz CT molecular complexity index is 1170. The Morgan fingerprint density at radius 2 is 1.74 bits per heavy atom. The number of nitrogens with zero attached hydrogens (tertiary/aromatic N) is 4. The zero-order chi connectivity index (χ0) is 24.8.